The maximum Gasteiger partial charge on any atom is 0.328 e. The summed E-state index contributed by atoms with van der Waals surface area (Å²) in [5.41, 5.74) is 2.74. The molecule has 0 aliphatic carbocycles. The number of carboxylic acids is 1. The van der Waals surface area contributed by atoms with Crippen LogP contribution < -0.4 is 0 Å². The van der Waals surface area contributed by atoms with Crippen LogP contribution in [0, 0.1) is 6.92 Å². The quantitative estimate of drug-likeness (QED) is 0.839. The predicted octanol–water partition coefficient (Wildman–Crippen LogP) is 2.25. The molecule has 0 unspecified atom stereocenters. The molecule has 0 fully saturated rings. The molecule has 2 aromatic rings. The smallest absolute Gasteiger partial charge is 0.328 e. The summed E-state index contributed by atoms with van der Waals surface area (Å²) in [7, 11) is 1.52. The van der Waals surface area contributed by atoms with Gasteiger partial charge in [-0.15, -0.1) is 0 Å². The minimum Gasteiger partial charge on any atom is -0.478 e. The van der Waals surface area contributed by atoms with Gasteiger partial charge < -0.3 is 14.3 Å². The van der Waals surface area contributed by atoms with E-state index in [1.54, 1.807) is 25.1 Å². The second kappa shape index (κ2) is 5.01. The minimum atomic E-state index is -1.00. The number of hydrogen-bond donors (Lipinski definition) is 1. The maximum atomic E-state index is 10.8. The standard InChI is InChI=1S/C13H13NO4/c1-8-14-11-5-9(3-4-12(11)18-8)10(7-17-2)6-13(15)16/h3-6H,7H2,1-2H3,(H,15,16)/b10-6+. The van der Waals surface area contributed by atoms with Gasteiger partial charge in [0.2, 0.25) is 0 Å². The van der Waals surface area contributed by atoms with Gasteiger partial charge in [0.25, 0.3) is 0 Å². The average molecular weight is 247 g/mol. The molecule has 0 spiro atoms. The average Bonchev–Trinajstić information content (AvgIpc) is 2.66. The number of aryl methyl sites for hydroxylation is 1. The molecule has 0 atom stereocenters. The Labute approximate surface area is 104 Å². The Balaban J connectivity index is 2.47. The summed E-state index contributed by atoms with van der Waals surface area (Å²) in [6.45, 7) is 2.00. The Morgan fingerprint density at radius 3 is 3.00 bits per heavy atom. The van der Waals surface area contributed by atoms with Crippen LogP contribution in [0.3, 0.4) is 0 Å². The second-order valence-corrected chi connectivity index (χ2v) is 3.86. The maximum absolute atomic E-state index is 10.8. The molecule has 94 valence electrons. The Morgan fingerprint density at radius 1 is 1.56 bits per heavy atom. The molecule has 0 saturated heterocycles. The number of carboxylic acid groups (broad SMARTS) is 1. The minimum absolute atomic E-state index is 0.231. The van der Waals surface area contributed by atoms with E-state index in [1.165, 1.54) is 7.11 Å². The number of aromatic nitrogens is 1. The van der Waals surface area contributed by atoms with E-state index >= 15 is 0 Å². The highest BCUT2D eigenvalue weighted by atomic mass is 16.5. The molecule has 5 nitrogen and oxygen atoms in total. The molecule has 0 bridgehead atoms. The lowest BCUT2D eigenvalue weighted by Crippen LogP contribution is -1.98. The van der Waals surface area contributed by atoms with E-state index in [2.05, 4.69) is 4.98 Å². The number of carbonyl (C=O) groups is 1. The van der Waals surface area contributed by atoms with E-state index in [0.717, 1.165) is 11.6 Å². The van der Waals surface area contributed by atoms with Gasteiger partial charge >= 0.3 is 5.97 Å². The molecule has 1 heterocycles. The summed E-state index contributed by atoms with van der Waals surface area (Å²) < 4.78 is 10.4. The number of aliphatic carboxylic acids is 1. The van der Waals surface area contributed by atoms with Crippen LogP contribution in [0.15, 0.2) is 28.7 Å². The highest BCUT2D eigenvalue weighted by Crippen LogP contribution is 2.22. The summed E-state index contributed by atoms with van der Waals surface area (Å²) in [6.07, 6.45) is 1.14. The molecule has 0 radical (unpaired) electrons. The third-order valence-corrected chi connectivity index (χ3v) is 2.46. The van der Waals surface area contributed by atoms with Crippen LogP contribution in [0.25, 0.3) is 16.7 Å². The van der Waals surface area contributed by atoms with E-state index in [0.29, 0.717) is 22.6 Å². The van der Waals surface area contributed by atoms with Gasteiger partial charge in [-0.2, -0.15) is 0 Å². The van der Waals surface area contributed by atoms with Crippen molar-refractivity contribution in [2.45, 2.75) is 6.92 Å². The summed E-state index contributed by atoms with van der Waals surface area (Å²) in [4.78, 5) is 15.0. The molecule has 18 heavy (non-hydrogen) atoms. The second-order valence-electron chi connectivity index (χ2n) is 3.86. The Morgan fingerprint density at radius 2 is 2.33 bits per heavy atom. The number of hydrogen-bond acceptors (Lipinski definition) is 4. The van der Waals surface area contributed by atoms with Gasteiger partial charge in [-0.25, -0.2) is 9.78 Å². The number of rotatable bonds is 4. The van der Waals surface area contributed by atoms with Gasteiger partial charge in [-0.05, 0) is 23.3 Å². The zero-order chi connectivity index (χ0) is 13.1. The monoisotopic (exact) mass is 247 g/mol. The third-order valence-electron chi connectivity index (χ3n) is 2.46. The van der Waals surface area contributed by atoms with Crippen LogP contribution in [0.4, 0.5) is 0 Å². The fourth-order valence-corrected chi connectivity index (χ4v) is 1.76. The predicted molar refractivity (Wildman–Crippen MR) is 66.2 cm³/mol. The molecule has 0 aliphatic heterocycles. The number of ether oxygens (including phenoxy) is 1. The van der Waals surface area contributed by atoms with Crippen LogP contribution >= 0.6 is 0 Å². The van der Waals surface area contributed by atoms with Crippen molar-refractivity contribution in [2.24, 2.45) is 0 Å². The molecule has 1 aromatic heterocycles. The van der Waals surface area contributed by atoms with Gasteiger partial charge in [0, 0.05) is 20.1 Å². The fourth-order valence-electron chi connectivity index (χ4n) is 1.76. The fraction of sp³-hybridized carbons (Fsp3) is 0.231. The van der Waals surface area contributed by atoms with Crippen molar-refractivity contribution < 1.29 is 19.1 Å². The van der Waals surface area contributed by atoms with Crippen molar-refractivity contribution in [3.63, 3.8) is 0 Å². The zero-order valence-corrected chi connectivity index (χ0v) is 10.1. The molecule has 1 aromatic carbocycles. The third kappa shape index (κ3) is 2.57. The Kier molecular flexibility index (Phi) is 3.43. The molecule has 5 heteroatoms. The number of methoxy groups -OCH3 is 1. The van der Waals surface area contributed by atoms with E-state index in [4.69, 9.17) is 14.3 Å². The Bertz CT molecular complexity index is 612. The van der Waals surface area contributed by atoms with Gasteiger partial charge in [0.15, 0.2) is 11.5 Å². The lowest BCUT2D eigenvalue weighted by atomic mass is 10.1. The molecule has 0 amide bonds. The van der Waals surface area contributed by atoms with Crippen LogP contribution in [0.1, 0.15) is 11.5 Å². The number of benzene rings is 1. The van der Waals surface area contributed by atoms with Gasteiger partial charge in [-0.3, -0.25) is 0 Å². The van der Waals surface area contributed by atoms with Gasteiger partial charge in [-0.1, -0.05) is 6.07 Å². The lowest BCUT2D eigenvalue weighted by molar-refractivity contribution is -0.131. The van der Waals surface area contributed by atoms with Gasteiger partial charge in [0.05, 0.1) is 6.61 Å². The molecule has 0 saturated carbocycles. The van der Waals surface area contributed by atoms with Crippen molar-refractivity contribution in [3.05, 3.63) is 35.7 Å². The highest BCUT2D eigenvalue weighted by molar-refractivity contribution is 5.91. The van der Waals surface area contributed by atoms with Crippen molar-refractivity contribution in [2.75, 3.05) is 13.7 Å². The molecule has 2 rings (SSSR count). The topological polar surface area (TPSA) is 72.6 Å². The molecular formula is C13H13NO4. The zero-order valence-electron chi connectivity index (χ0n) is 10.1. The first-order valence-electron chi connectivity index (χ1n) is 5.40. The first kappa shape index (κ1) is 12.3. The van der Waals surface area contributed by atoms with Crippen molar-refractivity contribution in [1.82, 2.24) is 4.98 Å². The van der Waals surface area contributed by atoms with E-state index < -0.39 is 5.97 Å². The largest absolute Gasteiger partial charge is 0.478 e. The first-order valence-corrected chi connectivity index (χ1v) is 5.40. The summed E-state index contributed by atoms with van der Waals surface area (Å²) >= 11 is 0. The van der Waals surface area contributed by atoms with Gasteiger partial charge in [0.1, 0.15) is 5.52 Å². The van der Waals surface area contributed by atoms with Crippen molar-refractivity contribution in [3.8, 4) is 0 Å². The van der Waals surface area contributed by atoms with Crippen LogP contribution in [0.5, 0.6) is 0 Å². The van der Waals surface area contributed by atoms with Crippen LogP contribution in [-0.2, 0) is 9.53 Å². The van der Waals surface area contributed by atoms with Crippen molar-refractivity contribution >= 4 is 22.6 Å². The number of fused-ring (bicyclic) bond motifs is 1. The molecule has 0 aliphatic rings. The SMILES string of the molecule is COC/C(=C\C(=O)O)c1ccc2oc(C)nc2c1. The number of nitrogens with zero attached hydrogens (tertiary/aromatic N) is 1. The highest BCUT2D eigenvalue weighted by Gasteiger charge is 2.08. The molecule has 1 N–H and O–H groups in total. The van der Waals surface area contributed by atoms with Crippen molar-refractivity contribution in [1.29, 1.82) is 0 Å². The summed E-state index contributed by atoms with van der Waals surface area (Å²) in [6, 6.07) is 5.36. The lowest BCUT2D eigenvalue weighted by Gasteiger charge is -2.05. The van der Waals surface area contributed by atoms with Crippen LogP contribution in [0.2, 0.25) is 0 Å². The Hall–Kier alpha value is -2.14. The van der Waals surface area contributed by atoms with E-state index in [9.17, 15) is 4.79 Å². The summed E-state index contributed by atoms with van der Waals surface area (Å²) in [5, 5.41) is 8.82. The van der Waals surface area contributed by atoms with E-state index in [-0.39, 0.29) is 6.61 Å². The molecular weight excluding hydrogens is 234 g/mol. The van der Waals surface area contributed by atoms with E-state index in [1.807, 2.05) is 0 Å². The summed E-state index contributed by atoms with van der Waals surface area (Å²) in [5.74, 6) is -0.420. The first-order chi connectivity index (χ1) is 8.60. The normalized spacial score (nSPS) is 12.0. The van der Waals surface area contributed by atoms with Crippen LogP contribution in [-0.4, -0.2) is 29.8 Å². The number of oxazole rings is 1.